The number of pyridine rings is 1. The Bertz CT molecular complexity index is 1430. The van der Waals surface area contributed by atoms with Crippen LogP contribution in [0.15, 0.2) is 91.1 Å². The molecule has 0 bridgehead atoms. The second-order valence-electron chi connectivity index (χ2n) is 9.37. The van der Waals surface area contributed by atoms with Crippen molar-refractivity contribution >= 4 is 21.8 Å². The summed E-state index contributed by atoms with van der Waals surface area (Å²) in [7, 11) is 0. The molecule has 0 aliphatic carbocycles. The van der Waals surface area contributed by atoms with Gasteiger partial charge in [0.15, 0.2) is 11.7 Å². The van der Waals surface area contributed by atoms with Crippen molar-refractivity contribution in [1.82, 2.24) is 4.57 Å². The third-order valence-electron chi connectivity index (χ3n) is 8.15. The second kappa shape index (κ2) is 7.59. The van der Waals surface area contributed by atoms with Crippen molar-refractivity contribution in [3.8, 4) is 16.9 Å². The minimum Gasteiger partial charge on any atom is -0.309 e. The molecule has 6 rings (SSSR count). The number of aromatic nitrogens is 2. The summed E-state index contributed by atoms with van der Waals surface area (Å²) in [5.41, 5.74) is 8.10. The molecule has 2 aromatic heterocycles. The predicted octanol–water partition coefficient (Wildman–Crippen LogP) is 7.76. The molecule has 0 fully saturated rings. The van der Waals surface area contributed by atoms with E-state index in [2.05, 4.69) is 121 Å². The number of hydrogen-bond donors (Lipinski definition) is 0. The first-order valence-electron chi connectivity index (χ1n) is 12.4. The van der Waals surface area contributed by atoms with Gasteiger partial charge in [0.05, 0.1) is 16.6 Å². The zero-order chi connectivity index (χ0) is 22.6. The molecule has 33 heavy (non-hydrogen) atoms. The Hall–Kier alpha value is -3.39. The fourth-order valence-electron chi connectivity index (χ4n) is 6.60. The molecule has 1 aliphatic rings. The van der Waals surface area contributed by atoms with Crippen LogP contribution < -0.4 is 4.57 Å². The van der Waals surface area contributed by atoms with E-state index in [1.807, 2.05) is 0 Å². The largest absolute Gasteiger partial charge is 0.309 e. The summed E-state index contributed by atoms with van der Waals surface area (Å²) in [6.07, 6.45) is 5.72. The van der Waals surface area contributed by atoms with Crippen LogP contribution in [0.2, 0.25) is 0 Å². The molecule has 0 spiro atoms. The lowest BCUT2D eigenvalue weighted by Crippen LogP contribution is -2.62. The first-order valence-corrected chi connectivity index (χ1v) is 12.4. The molecule has 2 heteroatoms. The van der Waals surface area contributed by atoms with Crippen molar-refractivity contribution in [2.75, 3.05) is 0 Å². The third-order valence-corrected chi connectivity index (χ3v) is 8.15. The highest BCUT2D eigenvalue weighted by Crippen LogP contribution is 2.47. The first kappa shape index (κ1) is 20.2. The van der Waals surface area contributed by atoms with Crippen molar-refractivity contribution in [1.29, 1.82) is 0 Å². The van der Waals surface area contributed by atoms with E-state index in [1.54, 1.807) is 0 Å². The van der Waals surface area contributed by atoms with Crippen molar-refractivity contribution < 1.29 is 4.57 Å². The number of benzene rings is 3. The van der Waals surface area contributed by atoms with Gasteiger partial charge in [-0.1, -0.05) is 63.2 Å². The first-order chi connectivity index (χ1) is 16.2. The third kappa shape index (κ3) is 2.70. The van der Waals surface area contributed by atoms with Gasteiger partial charge in [-0.05, 0) is 42.3 Å². The summed E-state index contributed by atoms with van der Waals surface area (Å²) in [5, 5.41) is 2.62. The fraction of sp³-hybridized carbons (Fsp3) is 0.258. The SMILES string of the molecule is CCC1c2ccc(-n3c4ccccc4c4ccccc43)cc2-c2cccc[n+]2C1(CC)CC. The van der Waals surface area contributed by atoms with Crippen LogP contribution in [-0.2, 0) is 5.54 Å². The molecule has 3 heterocycles. The van der Waals surface area contributed by atoms with Crippen LogP contribution in [0.3, 0.4) is 0 Å². The van der Waals surface area contributed by atoms with Gasteiger partial charge in [-0.3, -0.25) is 0 Å². The highest BCUT2D eigenvalue weighted by Gasteiger charge is 2.50. The molecule has 164 valence electrons. The zero-order valence-corrected chi connectivity index (χ0v) is 19.8. The predicted molar refractivity (Wildman–Crippen MR) is 138 cm³/mol. The normalized spacial score (nSPS) is 16.6. The molecule has 0 N–H and O–H groups in total. The highest BCUT2D eigenvalue weighted by atomic mass is 15.1. The topological polar surface area (TPSA) is 8.81 Å². The van der Waals surface area contributed by atoms with E-state index in [4.69, 9.17) is 0 Å². The van der Waals surface area contributed by atoms with Crippen LogP contribution in [0.5, 0.6) is 0 Å². The maximum Gasteiger partial charge on any atom is 0.213 e. The van der Waals surface area contributed by atoms with Crippen LogP contribution in [-0.4, -0.2) is 4.57 Å². The molecule has 3 aromatic carbocycles. The average molecular weight is 432 g/mol. The lowest BCUT2D eigenvalue weighted by molar-refractivity contribution is -0.762. The van der Waals surface area contributed by atoms with Crippen LogP contribution in [0.1, 0.15) is 51.5 Å². The zero-order valence-electron chi connectivity index (χ0n) is 19.8. The highest BCUT2D eigenvalue weighted by molar-refractivity contribution is 6.09. The van der Waals surface area contributed by atoms with Gasteiger partial charge in [-0.2, -0.15) is 4.57 Å². The van der Waals surface area contributed by atoms with Crippen molar-refractivity contribution in [3.63, 3.8) is 0 Å². The second-order valence-corrected chi connectivity index (χ2v) is 9.37. The molecule has 1 unspecified atom stereocenters. The maximum absolute atomic E-state index is 2.58. The molecule has 1 aliphatic heterocycles. The summed E-state index contributed by atoms with van der Waals surface area (Å²) in [6, 6.07) is 31.4. The summed E-state index contributed by atoms with van der Waals surface area (Å²) in [5.74, 6) is 0.509. The van der Waals surface area contributed by atoms with Crippen molar-refractivity contribution in [3.05, 3.63) is 96.7 Å². The van der Waals surface area contributed by atoms with Crippen molar-refractivity contribution in [2.45, 2.75) is 51.5 Å². The molecule has 0 saturated heterocycles. The molecule has 0 amide bonds. The fourth-order valence-corrected chi connectivity index (χ4v) is 6.60. The van der Waals surface area contributed by atoms with Crippen LogP contribution in [0.4, 0.5) is 0 Å². The molecular weight excluding hydrogens is 400 g/mol. The lowest BCUT2D eigenvalue weighted by atomic mass is 9.69. The standard InChI is InChI=1S/C31H31N2/c1-4-27-23-19-18-22(21-26(23)28-15-11-12-20-32(28)31(27,5-2)6-3)33-29-16-9-7-13-24(29)25-14-8-10-17-30(25)33/h7-21,27H,4-6H2,1-3H3/q+1. The Kier molecular flexibility index (Phi) is 4.65. The Labute approximate surface area is 196 Å². The molecular formula is C31H31N2+. The Morgan fingerprint density at radius 3 is 2.03 bits per heavy atom. The number of nitrogens with zero attached hydrogens (tertiary/aromatic N) is 2. The average Bonchev–Trinajstić information content (AvgIpc) is 3.22. The van der Waals surface area contributed by atoms with Gasteiger partial charge in [0.2, 0.25) is 5.69 Å². The van der Waals surface area contributed by atoms with Crippen LogP contribution >= 0.6 is 0 Å². The summed E-state index contributed by atoms with van der Waals surface area (Å²) in [6.45, 7) is 7.06. The van der Waals surface area contributed by atoms with Gasteiger partial charge < -0.3 is 4.57 Å². The van der Waals surface area contributed by atoms with Gasteiger partial charge >= 0.3 is 0 Å². The molecule has 0 saturated carbocycles. The van der Waals surface area contributed by atoms with E-state index in [0.29, 0.717) is 5.92 Å². The van der Waals surface area contributed by atoms with Gasteiger partial charge in [0, 0.05) is 47.4 Å². The summed E-state index contributed by atoms with van der Waals surface area (Å²) < 4.78 is 5.01. The van der Waals surface area contributed by atoms with Crippen LogP contribution in [0, 0.1) is 0 Å². The molecule has 2 nitrogen and oxygen atoms in total. The number of rotatable bonds is 4. The smallest absolute Gasteiger partial charge is 0.213 e. The van der Waals surface area contributed by atoms with Gasteiger partial charge in [0.1, 0.15) is 0 Å². The van der Waals surface area contributed by atoms with Gasteiger partial charge in [-0.25, -0.2) is 0 Å². The number of hydrogen-bond acceptors (Lipinski definition) is 0. The van der Waals surface area contributed by atoms with Crippen LogP contribution in [0.25, 0.3) is 38.8 Å². The van der Waals surface area contributed by atoms with Crippen molar-refractivity contribution in [2.24, 2.45) is 0 Å². The van der Waals surface area contributed by atoms with E-state index >= 15 is 0 Å². The minimum atomic E-state index is 0.132. The molecule has 5 aromatic rings. The molecule has 0 radical (unpaired) electrons. The lowest BCUT2D eigenvalue weighted by Gasteiger charge is -2.39. The van der Waals surface area contributed by atoms with E-state index in [9.17, 15) is 0 Å². The van der Waals surface area contributed by atoms with E-state index in [-0.39, 0.29) is 5.54 Å². The number of fused-ring (bicyclic) bond motifs is 6. The Balaban J connectivity index is 1.66. The quantitative estimate of drug-likeness (QED) is 0.257. The number of para-hydroxylation sites is 2. The summed E-state index contributed by atoms with van der Waals surface area (Å²) in [4.78, 5) is 0. The Morgan fingerprint density at radius 2 is 1.39 bits per heavy atom. The van der Waals surface area contributed by atoms with Gasteiger partial charge in [0.25, 0.3) is 0 Å². The van der Waals surface area contributed by atoms with Gasteiger partial charge in [-0.15, -0.1) is 0 Å². The monoisotopic (exact) mass is 431 g/mol. The Morgan fingerprint density at radius 1 is 0.758 bits per heavy atom. The van der Waals surface area contributed by atoms with E-state index < -0.39 is 0 Å². The minimum absolute atomic E-state index is 0.132. The maximum atomic E-state index is 2.58. The summed E-state index contributed by atoms with van der Waals surface area (Å²) >= 11 is 0. The van der Waals surface area contributed by atoms with E-state index in [0.717, 1.165) is 19.3 Å². The molecule has 1 atom stereocenters. The van der Waals surface area contributed by atoms with E-state index in [1.165, 1.54) is 44.3 Å².